The average molecular weight is 294 g/mol. The summed E-state index contributed by atoms with van der Waals surface area (Å²) in [6, 6.07) is 1.79. The summed E-state index contributed by atoms with van der Waals surface area (Å²) in [5, 5.41) is 0. The lowest BCUT2D eigenvalue weighted by atomic mass is 9.95. The number of amides is 1. The number of piperidine rings is 1. The summed E-state index contributed by atoms with van der Waals surface area (Å²) >= 11 is 0. The highest BCUT2D eigenvalue weighted by Gasteiger charge is 2.27. The molecule has 0 aromatic carbocycles. The minimum atomic E-state index is -0.451. The van der Waals surface area contributed by atoms with E-state index in [2.05, 4.69) is 4.90 Å². The molecule has 1 fully saturated rings. The molecule has 21 heavy (non-hydrogen) atoms. The molecule has 0 saturated carbocycles. The largest absolute Gasteiger partial charge is 0.463 e. The van der Waals surface area contributed by atoms with Crippen molar-refractivity contribution in [1.29, 1.82) is 0 Å². The van der Waals surface area contributed by atoms with Crippen LogP contribution in [0.2, 0.25) is 0 Å². The van der Waals surface area contributed by atoms with E-state index in [0.29, 0.717) is 6.54 Å². The van der Waals surface area contributed by atoms with Crippen LogP contribution in [0.4, 0.5) is 0 Å². The second-order valence-corrected chi connectivity index (χ2v) is 5.55. The highest BCUT2D eigenvalue weighted by molar-refractivity contribution is 5.87. The van der Waals surface area contributed by atoms with Gasteiger partial charge in [0.05, 0.1) is 13.4 Å². The number of carbonyl (C=O) groups excluding carboxylic acids is 2. The summed E-state index contributed by atoms with van der Waals surface area (Å²) in [5.41, 5.74) is 0.833. The third-order valence-electron chi connectivity index (χ3n) is 3.89. The lowest BCUT2D eigenvalue weighted by Gasteiger charge is -2.32. The third kappa shape index (κ3) is 3.64. The van der Waals surface area contributed by atoms with Crippen molar-refractivity contribution in [2.75, 3.05) is 34.3 Å². The Labute approximate surface area is 124 Å². The molecule has 0 atom stereocenters. The summed E-state index contributed by atoms with van der Waals surface area (Å²) in [5.74, 6) is 0.130. The molecule has 0 aliphatic carbocycles. The van der Waals surface area contributed by atoms with Crippen LogP contribution >= 0.6 is 0 Å². The molecule has 0 unspecified atom stereocenters. The Hall–Kier alpha value is -1.82. The number of rotatable bonds is 4. The number of likely N-dealkylation sites (tertiary alicyclic amines) is 1. The number of carbonyl (C=O) groups is 2. The van der Waals surface area contributed by atoms with Gasteiger partial charge in [0.1, 0.15) is 0 Å². The van der Waals surface area contributed by atoms with Crippen LogP contribution in [-0.2, 0) is 16.1 Å². The van der Waals surface area contributed by atoms with Crippen molar-refractivity contribution >= 4 is 11.9 Å². The lowest BCUT2D eigenvalue weighted by molar-refractivity contribution is -0.134. The standard InChI is InChI=1S/C15H22N2O4/c1-16(2)14(18)11-4-7-17(8-5-11)10-12-6-9-21-13(12)15(19)20-3/h6,9,11H,4-5,7-8,10H2,1-3H3. The van der Waals surface area contributed by atoms with Gasteiger partial charge in [0.25, 0.3) is 0 Å². The average Bonchev–Trinajstić information content (AvgIpc) is 2.94. The van der Waals surface area contributed by atoms with Crippen LogP contribution in [0, 0.1) is 5.92 Å². The first-order valence-corrected chi connectivity index (χ1v) is 7.11. The maximum atomic E-state index is 11.9. The van der Waals surface area contributed by atoms with Crippen LogP contribution in [0.3, 0.4) is 0 Å². The van der Waals surface area contributed by atoms with Crippen molar-refractivity contribution in [2.45, 2.75) is 19.4 Å². The topological polar surface area (TPSA) is 63.0 Å². The third-order valence-corrected chi connectivity index (χ3v) is 3.89. The van der Waals surface area contributed by atoms with Crippen molar-refractivity contribution in [3.8, 4) is 0 Å². The zero-order chi connectivity index (χ0) is 15.4. The number of furan rings is 1. The Balaban J connectivity index is 1.91. The van der Waals surface area contributed by atoms with Crippen LogP contribution in [0.1, 0.15) is 29.0 Å². The van der Waals surface area contributed by atoms with E-state index in [0.717, 1.165) is 31.5 Å². The SMILES string of the molecule is COC(=O)c1occc1CN1CCC(C(=O)N(C)C)CC1. The molecule has 0 spiro atoms. The van der Waals surface area contributed by atoms with Gasteiger partial charge in [-0.05, 0) is 32.0 Å². The predicted molar refractivity (Wildman–Crippen MR) is 76.7 cm³/mol. The minimum Gasteiger partial charge on any atom is -0.463 e. The Bertz CT molecular complexity index is 502. The highest BCUT2D eigenvalue weighted by atomic mass is 16.5. The number of hydrogen-bond donors (Lipinski definition) is 0. The molecule has 1 aliphatic heterocycles. The van der Waals surface area contributed by atoms with Crippen molar-refractivity contribution in [3.63, 3.8) is 0 Å². The molecule has 0 N–H and O–H groups in total. The van der Waals surface area contributed by atoms with Gasteiger partial charge < -0.3 is 14.1 Å². The van der Waals surface area contributed by atoms with E-state index in [1.54, 1.807) is 25.1 Å². The summed E-state index contributed by atoms with van der Waals surface area (Å²) in [4.78, 5) is 27.4. The fourth-order valence-corrected chi connectivity index (χ4v) is 2.68. The van der Waals surface area contributed by atoms with Crippen LogP contribution in [0.5, 0.6) is 0 Å². The molecule has 2 heterocycles. The monoisotopic (exact) mass is 294 g/mol. The van der Waals surface area contributed by atoms with Gasteiger partial charge in [-0.3, -0.25) is 9.69 Å². The predicted octanol–water partition coefficient (Wildman–Crippen LogP) is 1.37. The molecule has 6 heteroatoms. The molecule has 1 saturated heterocycles. The van der Waals surface area contributed by atoms with Crippen LogP contribution in [0.25, 0.3) is 0 Å². The van der Waals surface area contributed by atoms with Crippen molar-refractivity contribution in [3.05, 3.63) is 23.7 Å². The van der Waals surface area contributed by atoms with Gasteiger partial charge in [-0.2, -0.15) is 0 Å². The molecular weight excluding hydrogens is 272 g/mol. The van der Waals surface area contributed by atoms with E-state index in [4.69, 9.17) is 9.15 Å². The minimum absolute atomic E-state index is 0.112. The van der Waals surface area contributed by atoms with Gasteiger partial charge >= 0.3 is 5.97 Å². The molecule has 0 bridgehead atoms. The first kappa shape index (κ1) is 15.6. The van der Waals surface area contributed by atoms with Crippen molar-refractivity contribution in [2.24, 2.45) is 5.92 Å². The van der Waals surface area contributed by atoms with Crippen molar-refractivity contribution < 1.29 is 18.7 Å². The molecule has 1 amide bonds. The van der Waals surface area contributed by atoms with Gasteiger partial charge in [0.15, 0.2) is 0 Å². The Morgan fingerprint density at radius 2 is 2.05 bits per heavy atom. The van der Waals surface area contributed by atoms with Crippen LogP contribution in [0.15, 0.2) is 16.7 Å². The molecule has 2 rings (SSSR count). The number of methoxy groups -OCH3 is 1. The second-order valence-electron chi connectivity index (χ2n) is 5.55. The smallest absolute Gasteiger partial charge is 0.374 e. The van der Waals surface area contributed by atoms with Crippen LogP contribution in [-0.4, -0.2) is 56.0 Å². The second kappa shape index (κ2) is 6.76. The quantitative estimate of drug-likeness (QED) is 0.785. The van der Waals surface area contributed by atoms with Gasteiger partial charge in [-0.15, -0.1) is 0 Å². The van der Waals surface area contributed by atoms with E-state index < -0.39 is 5.97 Å². The number of hydrogen-bond acceptors (Lipinski definition) is 5. The van der Waals surface area contributed by atoms with Crippen molar-refractivity contribution in [1.82, 2.24) is 9.80 Å². The van der Waals surface area contributed by atoms with E-state index in [1.807, 2.05) is 0 Å². The number of ether oxygens (including phenoxy) is 1. The molecule has 1 aromatic heterocycles. The van der Waals surface area contributed by atoms with Gasteiger partial charge in [0.2, 0.25) is 11.7 Å². The molecule has 6 nitrogen and oxygen atoms in total. The Kier molecular flexibility index (Phi) is 5.01. The molecule has 116 valence electrons. The Morgan fingerprint density at radius 3 is 2.62 bits per heavy atom. The van der Waals surface area contributed by atoms with Gasteiger partial charge in [0, 0.05) is 32.1 Å². The summed E-state index contributed by atoms with van der Waals surface area (Å²) < 4.78 is 9.89. The fourth-order valence-electron chi connectivity index (χ4n) is 2.68. The Morgan fingerprint density at radius 1 is 1.38 bits per heavy atom. The summed E-state index contributed by atoms with van der Waals surface area (Å²) in [6.45, 7) is 2.33. The van der Waals surface area contributed by atoms with E-state index >= 15 is 0 Å². The molecule has 1 aromatic rings. The number of nitrogens with zero attached hydrogens (tertiary/aromatic N) is 2. The molecule has 0 radical (unpaired) electrons. The lowest BCUT2D eigenvalue weighted by Crippen LogP contribution is -2.39. The first-order valence-electron chi connectivity index (χ1n) is 7.11. The maximum Gasteiger partial charge on any atom is 0.374 e. The van der Waals surface area contributed by atoms with E-state index in [1.165, 1.54) is 13.4 Å². The summed E-state index contributed by atoms with van der Waals surface area (Å²) in [7, 11) is 4.93. The van der Waals surface area contributed by atoms with Crippen LogP contribution < -0.4 is 0 Å². The highest BCUT2D eigenvalue weighted by Crippen LogP contribution is 2.22. The first-order chi connectivity index (χ1) is 10.0. The fraction of sp³-hybridized carbons (Fsp3) is 0.600. The van der Waals surface area contributed by atoms with E-state index in [9.17, 15) is 9.59 Å². The number of esters is 1. The maximum absolute atomic E-state index is 11.9. The zero-order valence-electron chi connectivity index (χ0n) is 12.8. The zero-order valence-corrected chi connectivity index (χ0v) is 12.8. The summed E-state index contributed by atoms with van der Waals surface area (Å²) in [6.07, 6.45) is 3.20. The normalized spacial score (nSPS) is 16.7. The molecule has 1 aliphatic rings. The van der Waals surface area contributed by atoms with Gasteiger partial charge in [-0.1, -0.05) is 0 Å². The molecular formula is C15H22N2O4. The van der Waals surface area contributed by atoms with Gasteiger partial charge in [-0.25, -0.2) is 4.79 Å². The van der Waals surface area contributed by atoms with E-state index in [-0.39, 0.29) is 17.6 Å².